The Balaban J connectivity index is 1.76. The number of rotatable bonds is 5. The lowest BCUT2D eigenvalue weighted by atomic mass is 10.3. The highest BCUT2D eigenvalue weighted by atomic mass is 32.1. The number of methoxy groups -OCH3 is 1. The van der Waals surface area contributed by atoms with Crippen molar-refractivity contribution in [2.75, 3.05) is 12.4 Å². The Hall–Kier alpha value is -2.45. The summed E-state index contributed by atoms with van der Waals surface area (Å²) in [4.78, 5) is 15.6. The number of thiazole rings is 1. The molecule has 22 heavy (non-hydrogen) atoms. The highest BCUT2D eigenvalue weighted by molar-refractivity contribution is 7.19. The van der Waals surface area contributed by atoms with Gasteiger partial charge < -0.3 is 10.1 Å². The molecular weight excluding hydrogens is 322 g/mol. The summed E-state index contributed by atoms with van der Waals surface area (Å²) in [6, 6.07) is 10.7. The van der Waals surface area contributed by atoms with Gasteiger partial charge in [0.1, 0.15) is 5.75 Å². The Morgan fingerprint density at radius 1 is 1.23 bits per heavy atom. The van der Waals surface area contributed by atoms with E-state index in [4.69, 9.17) is 4.74 Å². The predicted molar refractivity (Wildman–Crippen MR) is 88.4 cm³/mol. The topological polar surface area (TPSA) is 77.3 Å². The van der Waals surface area contributed by atoms with Crippen LogP contribution in [-0.4, -0.2) is 17.0 Å². The summed E-state index contributed by atoms with van der Waals surface area (Å²) in [5, 5.41) is 16.6. The summed E-state index contributed by atoms with van der Waals surface area (Å²) < 4.78 is 5.11. The molecule has 1 N–H and O–H groups in total. The molecule has 0 saturated heterocycles. The van der Waals surface area contributed by atoms with E-state index < -0.39 is 4.92 Å². The van der Waals surface area contributed by atoms with Gasteiger partial charge in [-0.25, -0.2) is 4.98 Å². The fourth-order valence-corrected chi connectivity index (χ4v) is 3.39. The van der Waals surface area contributed by atoms with Crippen molar-refractivity contribution in [2.45, 2.75) is 0 Å². The van der Waals surface area contributed by atoms with Crippen molar-refractivity contribution in [1.29, 1.82) is 0 Å². The van der Waals surface area contributed by atoms with Gasteiger partial charge in [0.05, 0.1) is 22.6 Å². The first-order valence-corrected chi connectivity index (χ1v) is 7.96. The maximum atomic E-state index is 10.7. The zero-order valence-electron chi connectivity index (χ0n) is 11.5. The van der Waals surface area contributed by atoms with Gasteiger partial charge in [-0.05, 0) is 30.3 Å². The van der Waals surface area contributed by atoms with Crippen LogP contribution in [0.25, 0.3) is 10.6 Å². The molecule has 0 spiro atoms. The number of aromatic nitrogens is 1. The van der Waals surface area contributed by atoms with Gasteiger partial charge in [0, 0.05) is 17.1 Å². The SMILES string of the molecule is COc1ccc(Nc2nc(-c3ccc([N+](=O)[O-])s3)cs2)cc1. The highest BCUT2D eigenvalue weighted by Gasteiger charge is 2.13. The maximum Gasteiger partial charge on any atom is 0.324 e. The Bertz CT molecular complexity index is 796. The Kier molecular flexibility index (Phi) is 4.03. The molecule has 6 nitrogen and oxygen atoms in total. The van der Waals surface area contributed by atoms with E-state index in [-0.39, 0.29) is 5.00 Å². The number of benzene rings is 1. The van der Waals surface area contributed by atoms with Crippen LogP contribution in [0.5, 0.6) is 5.75 Å². The molecule has 3 aromatic rings. The van der Waals surface area contributed by atoms with Crippen LogP contribution < -0.4 is 10.1 Å². The third-order valence-corrected chi connectivity index (χ3v) is 4.69. The largest absolute Gasteiger partial charge is 0.497 e. The minimum absolute atomic E-state index is 0.118. The summed E-state index contributed by atoms with van der Waals surface area (Å²) in [6.07, 6.45) is 0. The van der Waals surface area contributed by atoms with Crippen molar-refractivity contribution in [3.05, 3.63) is 51.9 Å². The van der Waals surface area contributed by atoms with E-state index in [0.717, 1.165) is 38.5 Å². The van der Waals surface area contributed by atoms with Gasteiger partial charge in [0.25, 0.3) is 0 Å². The van der Waals surface area contributed by atoms with Crippen molar-refractivity contribution in [3.63, 3.8) is 0 Å². The third kappa shape index (κ3) is 3.07. The van der Waals surface area contributed by atoms with E-state index in [0.29, 0.717) is 0 Å². The fourth-order valence-electron chi connectivity index (χ4n) is 1.81. The number of anilines is 2. The van der Waals surface area contributed by atoms with Crippen molar-refractivity contribution in [2.24, 2.45) is 0 Å². The van der Waals surface area contributed by atoms with Crippen LogP contribution in [0.1, 0.15) is 0 Å². The highest BCUT2D eigenvalue weighted by Crippen LogP contribution is 2.34. The van der Waals surface area contributed by atoms with Crippen LogP contribution >= 0.6 is 22.7 Å². The molecule has 3 rings (SSSR count). The number of hydrogen-bond acceptors (Lipinski definition) is 7. The Morgan fingerprint density at radius 2 is 2.00 bits per heavy atom. The molecule has 0 amide bonds. The molecule has 0 bridgehead atoms. The van der Waals surface area contributed by atoms with Crippen LogP contribution in [0.15, 0.2) is 41.8 Å². The van der Waals surface area contributed by atoms with Gasteiger partial charge in [0.2, 0.25) is 0 Å². The number of hydrogen-bond donors (Lipinski definition) is 1. The van der Waals surface area contributed by atoms with Crippen LogP contribution in [-0.2, 0) is 0 Å². The number of nitrogens with zero attached hydrogens (tertiary/aromatic N) is 2. The zero-order chi connectivity index (χ0) is 15.5. The van der Waals surface area contributed by atoms with Crippen molar-refractivity contribution in [1.82, 2.24) is 4.98 Å². The standard InChI is InChI=1S/C14H11N3O3S2/c1-20-10-4-2-9(3-5-10)15-14-16-11(8-21-14)12-6-7-13(22-12)17(18)19/h2-8H,1H3,(H,15,16). The molecule has 112 valence electrons. The molecule has 0 aliphatic heterocycles. The first kappa shape index (κ1) is 14.5. The first-order chi connectivity index (χ1) is 10.7. The lowest BCUT2D eigenvalue weighted by Gasteiger charge is -2.03. The molecule has 0 radical (unpaired) electrons. The Morgan fingerprint density at radius 3 is 2.64 bits per heavy atom. The molecule has 0 atom stereocenters. The lowest BCUT2D eigenvalue weighted by Crippen LogP contribution is -1.89. The summed E-state index contributed by atoms with van der Waals surface area (Å²) in [5.74, 6) is 0.788. The average Bonchev–Trinajstić information content (AvgIpc) is 3.16. The quantitative estimate of drug-likeness (QED) is 0.548. The molecule has 2 heterocycles. The van der Waals surface area contributed by atoms with Gasteiger partial charge >= 0.3 is 5.00 Å². The van der Waals surface area contributed by atoms with E-state index in [2.05, 4.69) is 10.3 Å². The number of thiophene rings is 1. The van der Waals surface area contributed by atoms with Gasteiger partial charge in [0.15, 0.2) is 5.13 Å². The van der Waals surface area contributed by atoms with Gasteiger partial charge in [-0.3, -0.25) is 10.1 Å². The van der Waals surface area contributed by atoms with E-state index in [1.54, 1.807) is 13.2 Å². The van der Waals surface area contributed by atoms with Gasteiger partial charge in [-0.1, -0.05) is 11.3 Å². The van der Waals surface area contributed by atoms with Crippen LogP contribution in [0.2, 0.25) is 0 Å². The molecule has 8 heteroatoms. The van der Waals surface area contributed by atoms with Gasteiger partial charge in [-0.15, -0.1) is 11.3 Å². The summed E-state index contributed by atoms with van der Waals surface area (Å²) >= 11 is 2.57. The molecule has 2 aromatic heterocycles. The summed E-state index contributed by atoms with van der Waals surface area (Å²) in [7, 11) is 1.62. The number of nitrogens with one attached hydrogen (secondary N) is 1. The van der Waals surface area contributed by atoms with Crippen molar-refractivity contribution in [3.8, 4) is 16.3 Å². The van der Waals surface area contributed by atoms with Crippen LogP contribution in [0.3, 0.4) is 0 Å². The normalized spacial score (nSPS) is 10.4. The zero-order valence-corrected chi connectivity index (χ0v) is 13.1. The lowest BCUT2D eigenvalue weighted by molar-refractivity contribution is -0.380. The van der Waals surface area contributed by atoms with E-state index in [1.165, 1.54) is 17.4 Å². The van der Waals surface area contributed by atoms with Crippen LogP contribution in [0.4, 0.5) is 15.8 Å². The third-order valence-electron chi connectivity index (χ3n) is 2.87. The molecule has 0 unspecified atom stereocenters. The van der Waals surface area contributed by atoms with Crippen LogP contribution in [0, 0.1) is 10.1 Å². The van der Waals surface area contributed by atoms with Crippen molar-refractivity contribution < 1.29 is 9.66 Å². The molecule has 1 aromatic carbocycles. The molecule has 0 aliphatic rings. The number of nitro groups is 1. The molecule has 0 saturated carbocycles. The second-order valence-corrected chi connectivity index (χ2v) is 6.21. The van der Waals surface area contributed by atoms with Crippen molar-refractivity contribution >= 4 is 38.5 Å². The van der Waals surface area contributed by atoms with E-state index in [1.807, 2.05) is 29.6 Å². The average molecular weight is 333 g/mol. The second-order valence-electron chi connectivity index (χ2n) is 4.29. The smallest absolute Gasteiger partial charge is 0.324 e. The monoisotopic (exact) mass is 333 g/mol. The summed E-state index contributed by atoms with van der Waals surface area (Å²) in [5.41, 5.74) is 1.64. The van der Waals surface area contributed by atoms with E-state index in [9.17, 15) is 10.1 Å². The first-order valence-electron chi connectivity index (χ1n) is 6.27. The molecular formula is C14H11N3O3S2. The molecule has 0 aliphatic carbocycles. The Labute approximate surface area is 134 Å². The van der Waals surface area contributed by atoms with Gasteiger partial charge in [-0.2, -0.15) is 0 Å². The summed E-state index contributed by atoms with van der Waals surface area (Å²) in [6.45, 7) is 0. The number of ether oxygens (including phenoxy) is 1. The fraction of sp³-hybridized carbons (Fsp3) is 0.0714. The minimum atomic E-state index is -0.392. The second kappa shape index (κ2) is 6.12. The molecule has 0 fully saturated rings. The van der Waals surface area contributed by atoms with E-state index >= 15 is 0 Å². The minimum Gasteiger partial charge on any atom is -0.497 e. The predicted octanol–water partition coefficient (Wildman–Crippen LogP) is 4.53. The maximum absolute atomic E-state index is 10.7.